The maximum Gasteiger partial charge on any atom is 0.509 e. The molecule has 1 aliphatic rings. The zero-order valence-corrected chi connectivity index (χ0v) is 20.4. The van der Waals surface area contributed by atoms with E-state index < -0.39 is 17.7 Å². The van der Waals surface area contributed by atoms with E-state index in [1.165, 1.54) is 17.8 Å². The van der Waals surface area contributed by atoms with Crippen molar-refractivity contribution in [2.24, 2.45) is 5.41 Å². The molecule has 0 saturated carbocycles. The molecular formula is C22H37NO6S. The van der Waals surface area contributed by atoms with E-state index in [-0.39, 0.29) is 28.6 Å². The van der Waals surface area contributed by atoms with Gasteiger partial charge in [0.05, 0.1) is 6.10 Å². The third-order valence-electron chi connectivity index (χ3n) is 3.97. The van der Waals surface area contributed by atoms with Crippen molar-refractivity contribution in [3.8, 4) is 0 Å². The Labute approximate surface area is 184 Å². The molecule has 1 unspecified atom stereocenters. The van der Waals surface area contributed by atoms with Crippen LogP contribution in [-0.2, 0) is 23.8 Å². The summed E-state index contributed by atoms with van der Waals surface area (Å²) in [6.45, 7) is 16.0. The van der Waals surface area contributed by atoms with Gasteiger partial charge in [0.1, 0.15) is 11.5 Å². The quantitative estimate of drug-likeness (QED) is 0.338. The van der Waals surface area contributed by atoms with Crippen molar-refractivity contribution in [1.82, 2.24) is 4.90 Å². The largest absolute Gasteiger partial charge is 0.509 e. The number of nitrogens with zero attached hydrogens (tertiary/aromatic N) is 1. The van der Waals surface area contributed by atoms with Gasteiger partial charge in [-0.3, -0.25) is 4.79 Å². The Bertz CT molecular complexity index is 645. The molecule has 0 aliphatic carbocycles. The first-order chi connectivity index (χ1) is 13.7. The molecule has 8 heteroatoms. The Hall–Kier alpha value is -1.70. The number of hydrogen-bond donors (Lipinski definition) is 0. The molecule has 1 saturated heterocycles. The molecule has 1 amide bonds. The van der Waals surface area contributed by atoms with Gasteiger partial charge < -0.3 is 19.1 Å². The van der Waals surface area contributed by atoms with Crippen molar-refractivity contribution >= 4 is 29.8 Å². The number of hydrogen-bond acceptors (Lipinski definition) is 7. The molecule has 0 N–H and O–H groups in total. The number of ether oxygens (including phenoxy) is 3. The van der Waals surface area contributed by atoms with Crippen LogP contribution in [0.5, 0.6) is 0 Å². The summed E-state index contributed by atoms with van der Waals surface area (Å²) in [7, 11) is 0. The Morgan fingerprint density at radius 3 is 2.33 bits per heavy atom. The molecule has 0 aromatic rings. The predicted molar refractivity (Wildman–Crippen MR) is 118 cm³/mol. The lowest BCUT2D eigenvalue weighted by Crippen LogP contribution is -2.42. The zero-order chi connectivity index (χ0) is 23.1. The maximum absolute atomic E-state index is 12.7. The Morgan fingerprint density at radius 1 is 1.17 bits per heavy atom. The maximum atomic E-state index is 12.7. The van der Waals surface area contributed by atoms with E-state index in [1.54, 1.807) is 18.7 Å². The third-order valence-corrected chi connectivity index (χ3v) is 5.17. The van der Waals surface area contributed by atoms with Gasteiger partial charge in [-0.2, -0.15) is 0 Å². The number of likely N-dealkylation sites (tertiary alicyclic amines) is 1. The lowest BCUT2D eigenvalue weighted by molar-refractivity contribution is -0.148. The zero-order valence-electron chi connectivity index (χ0n) is 19.6. The molecule has 172 valence electrons. The number of thioether (sulfide) groups is 1. The second kappa shape index (κ2) is 11.1. The standard InChI is InChI=1S/C22H37NO6S/c1-15(2)28-20(26)27-14-30-17-9-10-23(18(24)12-21(3,4)5)13-16(17)11-19(25)29-22(6,7)8/h11,15,17H,9-10,12-14H2,1-8H3/b16-11-. The Kier molecular flexibility index (Phi) is 9.72. The van der Waals surface area contributed by atoms with Crippen molar-refractivity contribution in [1.29, 1.82) is 0 Å². The van der Waals surface area contributed by atoms with Crippen LogP contribution in [0.1, 0.15) is 68.2 Å². The van der Waals surface area contributed by atoms with Crippen molar-refractivity contribution in [3.05, 3.63) is 11.6 Å². The van der Waals surface area contributed by atoms with Crippen LogP contribution in [-0.4, -0.2) is 58.9 Å². The highest BCUT2D eigenvalue weighted by molar-refractivity contribution is 7.99. The van der Waals surface area contributed by atoms with Crippen LogP contribution in [0.3, 0.4) is 0 Å². The smallest absolute Gasteiger partial charge is 0.457 e. The fourth-order valence-corrected chi connectivity index (χ4v) is 3.80. The summed E-state index contributed by atoms with van der Waals surface area (Å²) in [5, 5.41) is -0.0527. The van der Waals surface area contributed by atoms with Crippen molar-refractivity contribution in [2.75, 3.05) is 19.0 Å². The predicted octanol–water partition coefficient (Wildman–Crippen LogP) is 4.54. The number of esters is 1. The van der Waals surface area contributed by atoms with Gasteiger partial charge in [-0.1, -0.05) is 20.8 Å². The summed E-state index contributed by atoms with van der Waals surface area (Å²) < 4.78 is 15.5. The highest BCUT2D eigenvalue weighted by atomic mass is 32.2. The lowest BCUT2D eigenvalue weighted by Gasteiger charge is -2.35. The molecule has 1 aliphatic heterocycles. The average Bonchev–Trinajstić information content (AvgIpc) is 2.51. The van der Waals surface area contributed by atoms with Gasteiger partial charge >= 0.3 is 12.1 Å². The minimum Gasteiger partial charge on any atom is -0.457 e. The molecular weight excluding hydrogens is 406 g/mol. The molecule has 1 atom stereocenters. The second-order valence-electron chi connectivity index (χ2n) is 9.93. The minimum atomic E-state index is -0.715. The van der Waals surface area contributed by atoms with Crippen LogP contribution in [0.25, 0.3) is 0 Å². The highest BCUT2D eigenvalue weighted by Crippen LogP contribution is 2.30. The molecule has 30 heavy (non-hydrogen) atoms. The molecule has 0 bridgehead atoms. The summed E-state index contributed by atoms with van der Waals surface area (Å²) in [6.07, 6.45) is 1.62. The third kappa shape index (κ3) is 10.9. The van der Waals surface area contributed by atoms with Gasteiger partial charge in [0, 0.05) is 30.8 Å². The van der Waals surface area contributed by atoms with Crippen LogP contribution in [0.2, 0.25) is 0 Å². The highest BCUT2D eigenvalue weighted by Gasteiger charge is 2.30. The molecule has 7 nitrogen and oxygen atoms in total. The molecule has 0 aromatic heterocycles. The fourth-order valence-electron chi connectivity index (χ4n) is 2.84. The van der Waals surface area contributed by atoms with E-state index in [0.29, 0.717) is 25.9 Å². The van der Waals surface area contributed by atoms with E-state index in [2.05, 4.69) is 0 Å². The first kappa shape index (κ1) is 26.3. The molecule has 0 aromatic carbocycles. The Balaban J connectivity index is 2.84. The summed E-state index contributed by atoms with van der Waals surface area (Å²) in [4.78, 5) is 38.4. The van der Waals surface area contributed by atoms with Crippen LogP contribution in [0, 0.1) is 5.41 Å². The fraction of sp³-hybridized carbons (Fsp3) is 0.773. The van der Waals surface area contributed by atoms with Gasteiger partial charge in [0.2, 0.25) is 5.91 Å². The summed E-state index contributed by atoms with van der Waals surface area (Å²) in [6, 6.07) is 0. The number of piperidine rings is 1. The molecule has 1 rings (SSSR count). The van der Waals surface area contributed by atoms with Crippen LogP contribution in [0.15, 0.2) is 11.6 Å². The summed E-state index contributed by atoms with van der Waals surface area (Å²) in [5.41, 5.74) is 0.0859. The number of carbonyl (C=O) groups is 3. The topological polar surface area (TPSA) is 82.1 Å². The van der Waals surface area contributed by atoms with Crippen molar-refractivity contribution < 1.29 is 28.6 Å². The van der Waals surface area contributed by atoms with Gasteiger partial charge in [0.15, 0.2) is 0 Å². The molecule has 0 spiro atoms. The van der Waals surface area contributed by atoms with E-state index in [1.807, 2.05) is 41.5 Å². The van der Waals surface area contributed by atoms with Gasteiger partial charge in [-0.05, 0) is 52.0 Å². The van der Waals surface area contributed by atoms with Gasteiger partial charge in [-0.25, -0.2) is 9.59 Å². The molecule has 1 heterocycles. The van der Waals surface area contributed by atoms with Gasteiger partial charge in [-0.15, -0.1) is 11.8 Å². The summed E-state index contributed by atoms with van der Waals surface area (Å²) in [5.74, 6) is -0.260. The monoisotopic (exact) mass is 443 g/mol. The SMILES string of the molecule is CC(C)OC(=O)OCSC1CCN(C(=O)CC(C)(C)C)C/C1=C/C(=O)OC(C)(C)C. The normalized spacial score (nSPS) is 19.0. The van der Waals surface area contributed by atoms with Crippen molar-refractivity contribution in [3.63, 3.8) is 0 Å². The van der Waals surface area contributed by atoms with Gasteiger partial charge in [0.25, 0.3) is 0 Å². The van der Waals surface area contributed by atoms with E-state index >= 15 is 0 Å². The number of carbonyl (C=O) groups excluding carboxylic acids is 3. The van der Waals surface area contributed by atoms with Crippen LogP contribution < -0.4 is 0 Å². The minimum absolute atomic E-state index is 0.0527. The van der Waals surface area contributed by atoms with Crippen LogP contribution >= 0.6 is 11.8 Å². The number of amides is 1. The molecule has 0 radical (unpaired) electrons. The Morgan fingerprint density at radius 2 is 1.80 bits per heavy atom. The van der Waals surface area contributed by atoms with E-state index in [4.69, 9.17) is 14.2 Å². The van der Waals surface area contributed by atoms with Crippen LogP contribution in [0.4, 0.5) is 4.79 Å². The van der Waals surface area contributed by atoms with E-state index in [0.717, 1.165) is 5.57 Å². The molecule has 1 fully saturated rings. The first-order valence-corrected chi connectivity index (χ1v) is 11.4. The second-order valence-corrected chi connectivity index (χ2v) is 11.1. The lowest BCUT2D eigenvalue weighted by atomic mass is 9.91. The average molecular weight is 444 g/mol. The summed E-state index contributed by atoms with van der Waals surface area (Å²) >= 11 is 1.41. The van der Waals surface area contributed by atoms with E-state index in [9.17, 15) is 14.4 Å². The van der Waals surface area contributed by atoms with Crippen molar-refractivity contribution in [2.45, 2.75) is 85.2 Å². The number of rotatable bonds is 6. The first-order valence-electron chi connectivity index (χ1n) is 10.3.